The average Bonchev–Trinajstić information content (AvgIpc) is 2.83. The lowest BCUT2D eigenvalue weighted by Gasteiger charge is -2.26. The molecule has 2 aromatic heterocycles. The normalized spacial score (nSPS) is 19.0. The third-order valence-electron chi connectivity index (χ3n) is 5.18. The van der Waals surface area contributed by atoms with Crippen LogP contribution in [0.2, 0.25) is 0 Å². The van der Waals surface area contributed by atoms with Crippen molar-refractivity contribution in [2.45, 2.75) is 25.9 Å². The number of hydrogen-bond donors (Lipinski definition) is 0. The summed E-state index contributed by atoms with van der Waals surface area (Å²) in [6, 6.07) is 11.2. The molecule has 1 aromatic carbocycles. The van der Waals surface area contributed by atoms with E-state index < -0.39 is 0 Å². The molecule has 26 heavy (non-hydrogen) atoms. The van der Waals surface area contributed by atoms with Gasteiger partial charge in [0.2, 0.25) is 0 Å². The van der Waals surface area contributed by atoms with E-state index >= 15 is 0 Å². The maximum atomic E-state index is 4.59. The summed E-state index contributed by atoms with van der Waals surface area (Å²) >= 11 is 3.57. The molecule has 1 fully saturated rings. The molecule has 3 heterocycles. The maximum Gasteiger partial charge on any atom is 0.164 e. The summed E-state index contributed by atoms with van der Waals surface area (Å²) in [7, 11) is 1.91. The first-order valence-corrected chi connectivity index (χ1v) is 9.79. The van der Waals surface area contributed by atoms with Crippen LogP contribution in [0.25, 0.3) is 11.0 Å². The Bertz CT molecular complexity index is 894. The molecule has 1 atom stereocenters. The van der Waals surface area contributed by atoms with E-state index in [4.69, 9.17) is 0 Å². The van der Waals surface area contributed by atoms with Crippen LogP contribution in [0, 0.1) is 0 Å². The van der Waals surface area contributed by atoms with Gasteiger partial charge in [-0.1, -0.05) is 30.3 Å². The number of aromatic nitrogens is 4. The number of halogens is 1. The first kappa shape index (κ1) is 17.4. The molecule has 0 bridgehead atoms. The minimum absolute atomic E-state index is 0.537. The van der Waals surface area contributed by atoms with Crippen LogP contribution in [-0.4, -0.2) is 50.3 Å². The standard InChI is InChI=1S/C19H23BrN6/c1-14-8-9-25(10-11-26(14)12-15-6-4-3-5-7-15)19-16-17(20)23-24(2)18(16)21-13-22-19/h3-7,13-14H,8-12H2,1-2H3. The third kappa shape index (κ3) is 3.33. The van der Waals surface area contributed by atoms with E-state index in [9.17, 15) is 0 Å². The van der Waals surface area contributed by atoms with E-state index in [1.54, 1.807) is 11.0 Å². The van der Waals surface area contributed by atoms with Crippen molar-refractivity contribution < 1.29 is 0 Å². The summed E-state index contributed by atoms with van der Waals surface area (Å²) in [6.07, 6.45) is 2.75. The molecule has 1 aliphatic rings. The highest BCUT2D eigenvalue weighted by atomic mass is 79.9. The number of benzene rings is 1. The van der Waals surface area contributed by atoms with Crippen molar-refractivity contribution >= 4 is 32.8 Å². The maximum absolute atomic E-state index is 4.59. The van der Waals surface area contributed by atoms with Crippen molar-refractivity contribution in [3.63, 3.8) is 0 Å². The zero-order chi connectivity index (χ0) is 18.1. The van der Waals surface area contributed by atoms with E-state index in [0.29, 0.717) is 6.04 Å². The SMILES string of the molecule is CC1CCN(c2ncnc3c2c(Br)nn3C)CCN1Cc1ccccc1. The predicted molar refractivity (Wildman–Crippen MR) is 107 cm³/mol. The molecule has 4 rings (SSSR count). The fourth-order valence-corrected chi connectivity index (χ4v) is 4.23. The Morgan fingerprint density at radius 3 is 2.73 bits per heavy atom. The Morgan fingerprint density at radius 2 is 1.92 bits per heavy atom. The van der Waals surface area contributed by atoms with E-state index in [1.165, 1.54) is 5.56 Å². The first-order chi connectivity index (χ1) is 12.6. The molecule has 1 aliphatic heterocycles. The van der Waals surface area contributed by atoms with Crippen molar-refractivity contribution in [3.8, 4) is 0 Å². The van der Waals surface area contributed by atoms with Crippen molar-refractivity contribution in [1.29, 1.82) is 0 Å². The van der Waals surface area contributed by atoms with Gasteiger partial charge >= 0.3 is 0 Å². The van der Waals surface area contributed by atoms with Gasteiger partial charge in [-0.05, 0) is 34.8 Å². The van der Waals surface area contributed by atoms with Crippen molar-refractivity contribution in [2.75, 3.05) is 24.5 Å². The van der Waals surface area contributed by atoms with Gasteiger partial charge in [-0.3, -0.25) is 4.90 Å². The zero-order valence-corrected chi connectivity index (χ0v) is 16.7. The number of aryl methyl sites for hydroxylation is 1. The fraction of sp³-hybridized carbons (Fsp3) is 0.421. The van der Waals surface area contributed by atoms with Crippen molar-refractivity contribution in [3.05, 3.63) is 46.8 Å². The third-order valence-corrected chi connectivity index (χ3v) is 5.74. The van der Waals surface area contributed by atoms with Crippen LogP contribution >= 0.6 is 15.9 Å². The molecule has 0 N–H and O–H groups in total. The molecule has 6 nitrogen and oxygen atoms in total. The molecular weight excluding hydrogens is 392 g/mol. The number of fused-ring (bicyclic) bond motifs is 1. The van der Waals surface area contributed by atoms with Crippen LogP contribution in [0.15, 0.2) is 41.3 Å². The summed E-state index contributed by atoms with van der Waals surface area (Å²) < 4.78 is 2.61. The largest absolute Gasteiger partial charge is 0.355 e. The Labute approximate surface area is 162 Å². The summed E-state index contributed by atoms with van der Waals surface area (Å²) in [5.41, 5.74) is 2.23. The lowest BCUT2D eigenvalue weighted by Crippen LogP contribution is -2.34. The van der Waals surface area contributed by atoms with Gasteiger partial charge in [-0.25, -0.2) is 14.6 Å². The van der Waals surface area contributed by atoms with Crippen LogP contribution in [0.3, 0.4) is 0 Å². The highest BCUT2D eigenvalue weighted by Crippen LogP contribution is 2.30. The lowest BCUT2D eigenvalue weighted by atomic mass is 10.1. The number of nitrogens with zero attached hydrogens (tertiary/aromatic N) is 6. The van der Waals surface area contributed by atoms with Crippen molar-refractivity contribution in [1.82, 2.24) is 24.6 Å². The van der Waals surface area contributed by atoms with E-state index in [2.05, 4.69) is 78.1 Å². The van der Waals surface area contributed by atoms with E-state index in [0.717, 1.165) is 54.1 Å². The molecular formula is C19H23BrN6. The number of rotatable bonds is 3. The van der Waals surface area contributed by atoms with Crippen LogP contribution < -0.4 is 4.90 Å². The Hall–Kier alpha value is -1.99. The van der Waals surface area contributed by atoms with Gasteiger partial charge < -0.3 is 4.90 Å². The second kappa shape index (κ2) is 7.32. The molecule has 0 saturated carbocycles. The number of anilines is 1. The molecule has 0 radical (unpaired) electrons. The van der Waals surface area contributed by atoms with Gasteiger partial charge in [-0.2, -0.15) is 5.10 Å². The summed E-state index contributed by atoms with van der Waals surface area (Å²) in [5, 5.41) is 5.45. The minimum Gasteiger partial charge on any atom is -0.355 e. The second-order valence-electron chi connectivity index (χ2n) is 6.89. The van der Waals surface area contributed by atoms with Gasteiger partial charge in [0.15, 0.2) is 5.65 Å². The first-order valence-electron chi connectivity index (χ1n) is 8.99. The second-order valence-corrected chi connectivity index (χ2v) is 7.64. The Balaban J connectivity index is 1.57. The van der Waals surface area contributed by atoms with Crippen LogP contribution in [0.4, 0.5) is 5.82 Å². The van der Waals surface area contributed by atoms with Gasteiger partial charge in [-0.15, -0.1) is 0 Å². The molecule has 0 amide bonds. The summed E-state index contributed by atoms with van der Waals surface area (Å²) in [6.45, 7) is 6.26. The molecule has 1 unspecified atom stereocenters. The van der Waals surface area contributed by atoms with Gasteiger partial charge in [0.05, 0.1) is 5.39 Å². The molecule has 0 aliphatic carbocycles. The van der Waals surface area contributed by atoms with E-state index in [1.807, 2.05) is 7.05 Å². The highest BCUT2D eigenvalue weighted by molar-refractivity contribution is 9.10. The molecule has 1 saturated heterocycles. The molecule has 136 valence electrons. The summed E-state index contributed by atoms with van der Waals surface area (Å²) in [5.74, 6) is 0.976. The van der Waals surface area contributed by atoms with Crippen LogP contribution in [-0.2, 0) is 13.6 Å². The molecule has 0 spiro atoms. The number of hydrogen-bond acceptors (Lipinski definition) is 5. The quantitative estimate of drug-likeness (QED) is 0.658. The fourth-order valence-electron chi connectivity index (χ4n) is 3.64. The molecule has 7 heteroatoms. The van der Waals surface area contributed by atoms with Crippen LogP contribution in [0.5, 0.6) is 0 Å². The van der Waals surface area contributed by atoms with Crippen LogP contribution in [0.1, 0.15) is 18.9 Å². The average molecular weight is 415 g/mol. The van der Waals surface area contributed by atoms with Gasteiger partial charge in [0.1, 0.15) is 16.7 Å². The summed E-state index contributed by atoms with van der Waals surface area (Å²) in [4.78, 5) is 13.9. The monoisotopic (exact) mass is 414 g/mol. The zero-order valence-electron chi connectivity index (χ0n) is 15.1. The van der Waals surface area contributed by atoms with Gasteiger partial charge in [0.25, 0.3) is 0 Å². The van der Waals surface area contributed by atoms with Crippen molar-refractivity contribution in [2.24, 2.45) is 7.05 Å². The lowest BCUT2D eigenvalue weighted by molar-refractivity contribution is 0.212. The Kier molecular flexibility index (Phi) is 4.91. The van der Waals surface area contributed by atoms with E-state index in [-0.39, 0.29) is 0 Å². The topological polar surface area (TPSA) is 50.1 Å². The van der Waals surface area contributed by atoms with Gasteiger partial charge in [0, 0.05) is 39.3 Å². The Morgan fingerprint density at radius 1 is 1.12 bits per heavy atom. The minimum atomic E-state index is 0.537. The highest BCUT2D eigenvalue weighted by Gasteiger charge is 2.24. The molecule has 3 aromatic rings. The predicted octanol–water partition coefficient (Wildman–Crippen LogP) is 3.23. The smallest absolute Gasteiger partial charge is 0.164 e.